The molecule has 0 aliphatic rings. The Morgan fingerprint density at radius 3 is 2.35 bits per heavy atom. The molecule has 3 aromatic carbocycles. The highest BCUT2D eigenvalue weighted by Gasteiger charge is 2.31. The first kappa shape index (κ1) is 22.7. The lowest BCUT2D eigenvalue weighted by molar-refractivity contribution is -0.140. The SMILES string of the molecule is COC(=O)CC(c1cccc(OC)c1)c1c(O)c(O)c(O)c2c(=O)cc(-c3ccccc3)oc12. The molecule has 174 valence electrons. The van der Waals surface area contributed by atoms with Crippen molar-refractivity contribution in [3.05, 3.63) is 82.0 Å². The summed E-state index contributed by atoms with van der Waals surface area (Å²) in [5, 5.41) is 31.5. The number of phenolic OH excluding ortho intramolecular Hbond substituents is 3. The van der Waals surface area contributed by atoms with Gasteiger partial charge >= 0.3 is 5.97 Å². The molecule has 8 nitrogen and oxygen atoms in total. The van der Waals surface area contributed by atoms with Crippen LogP contribution in [0.4, 0.5) is 0 Å². The van der Waals surface area contributed by atoms with Crippen LogP contribution in [0.15, 0.2) is 69.9 Å². The molecule has 4 rings (SSSR count). The van der Waals surface area contributed by atoms with Gasteiger partial charge in [0.1, 0.15) is 22.5 Å². The number of carbonyl (C=O) groups excluding carboxylic acids is 1. The number of aromatic hydroxyl groups is 3. The van der Waals surface area contributed by atoms with Crippen molar-refractivity contribution >= 4 is 16.9 Å². The highest BCUT2D eigenvalue weighted by atomic mass is 16.5. The van der Waals surface area contributed by atoms with Crippen molar-refractivity contribution in [3.63, 3.8) is 0 Å². The van der Waals surface area contributed by atoms with E-state index < -0.39 is 34.6 Å². The van der Waals surface area contributed by atoms with Crippen LogP contribution in [0.25, 0.3) is 22.3 Å². The summed E-state index contributed by atoms with van der Waals surface area (Å²) >= 11 is 0. The minimum Gasteiger partial charge on any atom is -0.504 e. The Hall–Kier alpha value is -4.46. The fourth-order valence-electron chi connectivity index (χ4n) is 3.94. The number of rotatable bonds is 6. The van der Waals surface area contributed by atoms with E-state index in [1.807, 2.05) is 0 Å². The van der Waals surface area contributed by atoms with Gasteiger partial charge in [0, 0.05) is 23.1 Å². The number of hydrogen-bond acceptors (Lipinski definition) is 8. The first-order chi connectivity index (χ1) is 16.3. The zero-order valence-electron chi connectivity index (χ0n) is 18.4. The number of benzene rings is 3. The molecule has 0 saturated carbocycles. The van der Waals surface area contributed by atoms with E-state index in [-0.39, 0.29) is 28.7 Å². The summed E-state index contributed by atoms with van der Waals surface area (Å²) < 4.78 is 16.2. The van der Waals surface area contributed by atoms with Crippen molar-refractivity contribution < 1.29 is 34.0 Å². The molecule has 0 aliphatic heterocycles. The van der Waals surface area contributed by atoms with Crippen molar-refractivity contribution in [2.75, 3.05) is 14.2 Å². The summed E-state index contributed by atoms with van der Waals surface area (Å²) in [4.78, 5) is 25.4. The van der Waals surface area contributed by atoms with Gasteiger partial charge in [0.05, 0.1) is 20.6 Å². The molecule has 3 N–H and O–H groups in total. The molecular weight excluding hydrogens is 440 g/mol. The van der Waals surface area contributed by atoms with Crippen LogP contribution in [-0.2, 0) is 9.53 Å². The number of phenols is 3. The fraction of sp³-hybridized carbons (Fsp3) is 0.154. The van der Waals surface area contributed by atoms with Crippen LogP contribution in [0.5, 0.6) is 23.0 Å². The number of esters is 1. The van der Waals surface area contributed by atoms with E-state index in [1.54, 1.807) is 54.6 Å². The van der Waals surface area contributed by atoms with E-state index in [0.717, 1.165) is 0 Å². The molecule has 0 saturated heterocycles. The van der Waals surface area contributed by atoms with Crippen LogP contribution in [0, 0.1) is 0 Å². The Bertz CT molecular complexity index is 1420. The third-order valence-corrected chi connectivity index (χ3v) is 5.63. The van der Waals surface area contributed by atoms with Crippen molar-refractivity contribution in [1.82, 2.24) is 0 Å². The second kappa shape index (κ2) is 9.19. The maximum Gasteiger partial charge on any atom is 0.306 e. The molecule has 0 amide bonds. The Balaban J connectivity index is 2.09. The minimum atomic E-state index is -0.911. The monoisotopic (exact) mass is 462 g/mol. The Morgan fingerprint density at radius 2 is 1.68 bits per heavy atom. The van der Waals surface area contributed by atoms with Crippen LogP contribution in [0.2, 0.25) is 0 Å². The van der Waals surface area contributed by atoms with Crippen molar-refractivity contribution in [2.45, 2.75) is 12.3 Å². The van der Waals surface area contributed by atoms with Gasteiger partial charge in [0.25, 0.3) is 0 Å². The van der Waals surface area contributed by atoms with Gasteiger partial charge < -0.3 is 29.2 Å². The zero-order valence-corrected chi connectivity index (χ0v) is 18.4. The van der Waals surface area contributed by atoms with E-state index in [1.165, 1.54) is 20.3 Å². The second-order valence-corrected chi connectivity index (χ2v) is 7.61. The Morgan fingerprint density at radius 1 is 0.941 bits per heavy atom. The van der Waals surface area contributed by atoms with Gasteiger partial charge in [-0.3, -0.25) is 9.59 Å². The van der Waals surface area contributed by atoms with Crippen molar-refractivity contribution in [3.8, 4) is 34.3 Å². The summed E-state index contributed by atoms with van der Waals surface area (Å²) in [6.07, 6.45) is -0.254. The summed E-state index contributed by atoms with van der Waals surface area (Å²) in [5.41, 5.74) is 0.288. The standard InChI is InChI=1S/C26H22O8/c1-32-16-10-6-9-15(11-16)17(12-20(28)33-2)21-23(29)25(31)24(30)22-18(27)13-19(34-26(21)22)14-7-4-3-5-8-14/h3-11,13,17,29-31H,12H2,1-2H3. The Kier molecular flexibility index (Phi) is 6.14. The lowest BCUT2D eigenvalue weighted by Gasteiger charge is -2.21. The molecule has 0 spiro atoms. The quantitative estimate of drug-likeness (QED) is 0.286. The normalized spacial score (nSPS) is 11.8. The van der Waals surface area contributed by atoms with Gasteiger partial charge in [-0.15, -0.1) is 0 Å². The second-order valence-electron chi connectivity index (χ2n) is 7.61. The Labute approximate surface area is 194 Å². The molecule has 1 unspecified atom stereocenters. The first-order valence-corrected chi connectivity index (χ1v) is 10.4. The average Bonchev–Trinajstić information content (AvgIpc) is 2.86. The van der Waals surface area contributed by atoms with Gasteiger partial charge in [-0.2, -0.15) is 0 Å². The maximum atomic E-state index is 13.0. The number of fused-ring (bicyclic) bond motifs is 1. The molecule has 1 heterocycles. The first-order valence-electron chi connectivity index (χ1n) is 10.4. The molecule has 34 heavy (non-hydrogen) atoms. The van der Waals surface area contributed by atoms with E-state index in [2.05, 4.69) is 0 Å². The molecule has 0 aliphatic carbocycles. The molecular formula is C26H22O8. The predicted molar refractivity (Wildman–Crippen MR) is 124 cm³/mol. The number of ether oxygens (including phenoxy) is 2. The van der Waals surface area contributed by atoms with Gasteiger partial charge in [0.2, 0.25) is 5.75 Å². The largest absolute Gasteiger partial charge is 0.504 e. The lowest BCUT2D eigenvalue weighted by atomic mass is 9.86. The maximum absolute atomic E-state index is 13.0. The summed E-state index contributed by atoms with van der Waals surface area (Å²) in [5.74, 6) is -3.25. The van der Waals surface area contributed by atoms with Gasteiger partial charge in [-0.05, 0) is 17.7 Å². The molecule has 1 atom stereocenters. The average molecular weight is 462 g/mol. The molecule has 1 aromatic heterocycles. The zero-order chi connectivity index (χ0) is 24.4. The fourth-order valence-corrected chi connectivity index (χ4v) is 3.94. The van der Waals surface area contributed by atoms with E-state index >= 15 is 0 Å². The predicted octanol–water partition coefficient (Wildman–Crippen LogP) is 4.28. The molecule has 0 bridgehead atoms. The third kappa shape index (κ3) is 4.01. The number of carbonyl (C=O) groups is 1. The highest BCUT2D eigenvalue weighted by Crippen LogP contribution is 2.49. The molecule has 0 fully saturated rings. The van der Waals surface area contributed by atoms with Gasteiger partial charge in [0.15, 0.2) is 16.9 Å². The van der Waals surface area contributed by atoms with Crippen LogP contribution >= 0.6 is 0 Å². The lowest BCUT2D eigenvalue weighted by Crippen LogP contribution is -2.12. The van der Waals surface area contributed by atoms with E-state index in [0.29, 0.717) is 16.9 Å². The van der Waals surface area contributed by atoms with Gasteiger partial charge in [-0.25, -0.2) is 0 Å². The molecule has 4 aromatic rings. The van der Waals surface area contributed by atoms with Crippen LogP contribution in [0.3, 0.4) is 0 Å². The number of hydrogen-bond donors (Lipinski definition) is 3. The smallest absolute Gasteiger partial charge is 0.306 e. The van der Waals surface area contributed by atoms with Crippen molar-refractivity contribution in [2.24, 2.45) is 0 Å². The highest BCUT2D eigenvalue weighted by molar-refractivity contribution is 5.93. The van der Waals surface area contributed by atoms with Crippen LogP contribution < -0.4 is 10.2 Å². The summed E-state index contributed by atoms with van der Waals surface area (Å²) in [6.45, 7) is 0. The van der Waals surface area contributed by atoms with Crippen LogP contribution in [-0.4, -0.2) is 35.5 Å². The minimum absolute atomic E-state index is 0.0427. The topological polar surface area (TPSA) is 126 Å². The van der Waals surface area contributed by atoms with Crippen LogP contribution in [0.1, 0.15) is 23.5 Å². The van der Waals surface area contributed by atoms with E-state index in [4.69, 9.17) is 13.9 Å². The summed E-state index contributed by atoms with van der Waals surface area (Å²) in [6, 6.07) is 16.8. The van der Waals surface area contributed by atoms with E-state index in [9.17, 15) is 24.9 Å². The molecule has 0 radical (unpaired) electrons. The number of methoxy groups -OCH3 is 2. The van der Waals surface area contributed by atoms with Crippen molar-refractivity contribution in [1.29, 1.82) is 0 Å². The van der Waals surface area contributed by atoms with Gasteiger partial charge in [-0.1, -0.05) is 42.5 Å². The molecule has 8 heteroatoms. The summed E-state index contributed by atoms with van der Waals surface area (Å²) in [7, 11) is 2.71. The third-order valence-electron chi connectivity index (χ3n) is 5.63.